The van der Waals surface area contributed by atoms with Gasteiger partial charge < -0.3 is 15.7 Å². The Hall–Kier alpha value is -2.63. The van der Waals surface area contributed by atoms with Gasteiger partial charge in [0.15, 0.2) is 0 Å². The molecular formula is C23H30F2N2O2. The summed E-state index contributed by atoms with van der Waals surface area (Å²) in [6, 6.07) is 14.6. The van der Waals surface area contributed by atoms with E-state index in [1.165, 1.54) is 0 Å². The maximum absolute atomic E-state index is 12.7. The lowest BCUT2D eigenvalue weighted by Gasteiger charge is -2.09. The molecule has 2 aromatic rings. The Bertz CT molecular complexity index is 721. The number of halogens is 2. The molecule has 0 fully saturated rings. The van der Waals surface area contributed by atoms with Crippen molar-refractivity contribution >= 4 is 17.3 Å². The van der Waals surface area contributed by atoms with Gasteiger partial charge in [0.2, 0.25) is 5.91 Å². The number of carbonyl (C=O) groups excluding carboxylic acids is 1. The molecule has 158 valence electrons. The van der Waals surface area contributed by atoms with Crippen LogP contribution in [0, 0.1) is 0 Å². The van der Waals surface area contributed by atoms with Gasteiger partial charge in [0.25, 0.3) is 0 Å². The number of hydrogen-bond donors (Lipinski definition) is 3. The van der Waals surface area contributed by atoms with Gasteiger partial charge in [0.05, 0.1) is 0 Å². The van der Waals surface area contributed by atoms with E-state index in [1.807, 2.05) is 36.4 Å². The third-order valence-electron chi connectivity index (χ3n) is 4.69. The first kappa shape index (κ1) is 22.7. The lowest BCUT2D eigenvalue weighted by molar-refractivity contribution is -0.116. The SMILES string of the molecule is O=C(CCCCCCCC(F)CF)Nc1ccc(NCc2ccc(O)cc2)cc1. The van der Waals surface area contributed by atoms with E-state index in [4.69, 9.17) is 0 Å². The van der Waals surface area contributed by atoms with E-state index in [9.17, 15) is 18.7 Å². The van der Waals surface area contributed by atoms with E-state index >= 15 is 0 Å². The topological polar surface area (TPSA) is 61.4 Å². The summed E-state index contributed by atoms with van der Waals surface area (Å²) in [5.41, 5.74) is 2.76. The molecule has 2 aromatic carbocycles. The van der Waals surface area contributed by atoms with Crippen LogP contribution in [0.2, 0.25) is 0 Å². The zero-order chi connectivity index (χ0) is 20.9. The average Bonchev–Trinajstić information content (AvgIpc) is 2.73. The number of carbonyl (C=O) groups is 1. The molecule has 0 aliphatic rings. The van der Waals surface area contributed by atoms with Gasteiger partial charge in [-0.15, -0.1) is 0 Å². The van der Waals surface area contributed by atoms with E-state index in [2.05, 4.69) is 10.6 Å². The summed E-state index contributed by atoms with van der Waals surface area (Å²) in [4.78, 5) is 12.0. The Kier molecular flexibility index (Phi) is 9.96. The van der Waals surface area contributed by atoms with Crippen LogP contribution in [0.15, 0.2) is 48.5 Å². The molecular weight excluding hydrogens is 374 g/mol. The Morgan fingerprint density at radius 2 is 1.52 bits per heavy atom. The number of hydrogen-bond acceptors (Lipinski definition) is 3. The van der Waals surface area contributed by atoms with E-state index < -0.39 is 12.8 Å². The minimum Gasteiger partial charge on any atom is -0.508 e. The molecule has 0 radical (unpaired) electrons. The maximum Gasteiger partial charge on any atom is 0.224 e. The highest BCUT2D eigenvalue weighted by molar-refractivity contribution is 5.90. The number of benzene rings is 2. The van der Waals surface area contributed by atoms with Crippen LogP contribution in [0.5, 0.6) is 5.75 Å². The molecule has 1 unspecified atom stereocenters. The third kappa shape index (κ3) is 9.41. The highest BCUT2D eigenvalue weighted by Crippen LogP contribution is 2.17. The highest BCUT2D eigenvalue weighted by Gasteiger charge is 2.05. The first-order valence-corrected chi connectivity index (χ1v) is 10.2. The highest BCUT2D eigenvalue weighted by atomic mass is 19.2. The second-order valence-electron chi connectivity index (χ2n) is 7.20. The quantitative estimate of drug-likeness (QED) is 0.360. The number of alkyl halides is 2. The van der Waals surface area contributed by atoms with Crippen molar-refractivity contribution in [1.29, 1.82) is 0 Å². The fourth-order valence-corrected chi connectivity index (χ4v) is 2.97. The second kappa shape index (κ2) is 12.8. The first-order chi connectivity index (χ1) is 14.1. The zero-order valence-electron chi connectivity index (χ0n) is 16.7. The molecule has 3 N–H and O–H groups in total. The lowest BCUT2D eigenvalue weighted by atomic mass is 10.1. The van der Waals surface area contributed by atoms with Crippen LogP contribution in [0.25, 0.3) is 0 Å². The van der Waals surface area contributed by atoms with Crippen LogP contribution < -0.4 is 10.6 Å². The molecule has 0 aliphatic carbocycles. The van der Waals surface area contributed by atoms with Crippen molar-refractivity contribution in [2.24, 2.45) is 0 Å². The van der Waals surface area contributed by atoms with Crippen LogP contribution in [-0.2, 0) is 11.3 Å². The fraction of sp³-hybridized carbons (Fsp3) is 0.435. The number of amides is 1. The predicted molar refractivity (Wildman–Crippen MR) is 114 cm³/mol. The Morgan fingerprint density at radius 1 is 0.897 bits per heavy atom. The fourth-order valence-electron chi connectivity index (χ4n) is 2.97. The summed E-state index contributed by atoms with van der Waals surface area (Å²) in [7, 11) is 0. The van der Waals surface area contributed by atoms with Crippen molar-refractivity contribution in [2.45, 2.75) is 57.7 Å². The van der Waals surface area contributed by atoms with Crippen molar-refractivity contribution in [1.82, 2.24) is 0 Å². The summed E-state index contributed by atoms with van der Waals surface area (Å²) < 4.78 is 24.7. The monoisotopic (exact) mass is 404 g/mol. The number of phenolic OH excluding ortho intramolecular Hbond substituents is 1. The van der Waals surface area contributed by atoms with Gasteiger partial charge >= 0.3 is 0 Å². The Labute approximate surface area is 171 Å². The molecule has 0 aromatic heterocycles. The Balaban J connectivity index is 1.59. The van der Waals surface area contributed by atoms with Crippen molar-refractivity contribution in [3.05, 3.63) is 54.1 Å². The number of nitrogens with one attached hydrogen (secondary N) is 2. The molecule has 1 atom stereocenters. The molecule has 0 heterocycles. The maximum atomic E-state index is 12.7. The molecule has 0 saturated heterocycles. The largest absolute Gasteiger partial charge is 0.508 e. The molecule has 0 saturated carbocycles. The summed E-state index contributed by atoms with van der Waals surface area (Å²) >= 11 is 0. The molecule has 2 rings (SSSR count). The molecule has 29 heavy (non-hydrogen) atoms. The van der Waals surface area contributed by atoms with Crippen LogP contribution in [0.1, 0.15) is 50.5 Å². The van der Waals surface area contributed by atoms with Gasteiger partial charge in [-0.05, 0) is 54.8 Å². The first-order valence-electron chi connectivity index (χ1n) is 10.2. The molecule has 1 amide bonds. The summed E-state index contributed by atoms with van der Waals surface area (Å²) in [6.45, 7) is -0.249. The standard InChI is InChI=1S/C23H30F2N2O2/c24-16-19(25)6-4-2-1-3-5-7-23(29)27-21-12-10-20(11-13-21)26-17-18-8-14-22(28)15-9-18/h8-15,19,26,28H,1-7,16-17H2,(H,27,29). The van der Waals surface area contributed by atoms with Gasteiger partial charge in [-0.25, -0.2) is 8.78 Å². The van der Waals surface area contributed by atoms with Crippen LogP contribution in [0.3, 0.4) is 0 Å². The average molecular weight is 405 g/mol. The van der Waals surface area contributed by atoms with Crippen molar-refractivity contribution < 1.29 is 18.7 Å². The second-order valence-corrected chi connectivity index (χ2v) is 7.20. The van der Waals surface area contributed by atoms with E-state index in [1.54, 1.807) is 12.1 Å². The minimum atomic E-state index is -1.32. The smallest absolute Gasteiger partial charge is 0.224 e. The molecule has 0 spiro atoms. The van der Waals surface area contributed by atoms with Gasteiger partial charge in [-0.1, -0.05) is 37.8 Å². The van der Waals surface area contributed by atoms with Gasteiger partial charge in [0.1, 0.15) is 18.6 Å². The van der Waals surface area contributed by atoms with E-state index in [0.29, 0.717) is 19.4 Å². The van der Waals surface area contributed by atoms with Crippen molar-refractivity contribution in [3.63, 3.8) is 0 Å². The molecule has 0 aliphatic heterocycles. The lowest BCUT2D eigenvalue weighted by Crippen LogP contribution is -2.11. The minimum absolute atomic E-state index is 0.0175. The number of aromatic hydroxyl groups is 1. The Morgan fingerprint density at radius 3 is 2.21 bits per heavy atom. The normalized spacial score (nSPS) is 11.8. The molecule has 4 nitrogen and oxygen atoms in total. The summed E-state index contributed by atoms with van der Waals surface area (Å²) in [5, 5.41) is 15.5. The van der Waals surface area contributed by atoms with E-state index in [-0.39, 0.29) is 18.1 Å². The molecule has 6 heteroatoms. The van der Waals surface area contributed by atoms with Crippen molar-refractivity contribution in [3.8, 4) is 5.75 Å². The van der Waals surface area contributed by atoms with Crippen LogP contribution in [-0.4, -0.2) is 23.9 Å². The predicted octanol–water partition coefficient (Wildman–Crippen LogP) is 5.98. The number of unbranched alkanes of at least 4 members (excludes halogenated alkanes) is 4. The number of phenols is 1. The number of anilines is 2. The van der Waals surface area contributed by atoms with Gasteiger partial charge in [-0.3, -0.25) is 4.79 Å². The molecule has 0 bridgehead atoms. The summed E-state index contributed by atoms with van der Waals surface area (Å²) in [6.07, 6.45) is 3.64. The van der Waals surface area contributed by atoms with Gasteiger partial charge in [-0.2, -0.15) is 0 Å². The number of rotatable bonds is 13. The van der Waals surface area contributed by atoms with Crippen LogP contribution >= 0.6 is 0 Å². The third-order valence-corrected chi connectivity index (χ3v) is 4.69. The van der Waals surface area contributed by atoms with Crippen LogP contribution in [0.4, 0.5) is 20.2 Å². The van der Waals surface area contributed by atoms with Crippen molar-refractivity contribution in [2.75, 3.05) is 17.3 Å². The zero-order valence-corrected chi connectivity index (χ0v) is 16.7. The van der Waals surface area contributed by atoms with E-state index in [0.717, 1.165) is 42.6 Å². The summed E-state index contributed by atoms with van der Waals surface area (Å²) in [5.74, 6) is 0.230. The van der Waals surface area contributed by atoms with Gasteiger partial charge in [0, 0.05) is 24.3 Å².